The van der Waals surface area contributed by atoms with Crippen LogP contribution in [0.15, 0.2) is 47.8 Å². The number of hydrogen-bond acceptors (Lipinski definition) is 5. The normalized spacial score (nSPS) is 18.0. The molecule has 1 unspecified atom stereocenters. The number of ketones is 1. The van der Waals surface area contributed by atoms with Gasteiger partial charge in [-0.3, -0.25) is 4.79 Å². The fourth-order valence-corrected chi connectivity index (χ4v) is 2.79. The van der Waals surface area contributed by atoms with Gasteiger partial charge in [-0.1, -0.05) is 18.2 Å². The Labute approximate surface area is 144 Å². The molecule has 0 radical (unpaired) electrons. The average molecular weight is 351 g/mol. The van der Waals surface area contributed by atoms with Crippen LogP contribution in [0.2, 0.25) is 0 Å². The average Bonchev–Trinajstić information content (AvgIpc) is 2.53. The maximum Gasteiger partial charge on any atom is 0.389 e. The van der Waals surface area contributed by atoms with Gasteiger partial charge in [-0.05, 0) is 25.0 Å². The highest BCUT2D eigenvalue weighted by Crippen LogP contribution is 2.35. The van der Waals surface area contributed by atoms with E-state index in [-0.39, 0.29) is 11.7 Å². The molecule has 0 aliphatic heterocycles. The van der Waals surface area contributed by atoms with Crippen LogP contribution < -0.4 is 10.1 Å². The van der Waals surface area contributed by atoms with Crippen molar-refractivity contribution in [3.8, 4) is 5.75 Å². The maximum atomic E-state index is 12.0. The van der Waals surface area contributed by atoms with E-state index in [4.69, 9.17) is 4.74 Å². The summed E-state index contributed by atoms with van der Waals surface area (Å²) in [6.45, 7) is -1.63. The number of carbonyl (C=O) groups excluding carboxylic acids is 2. The van der Waals surface area contributed by atoms with Gasteiger partial charge in [0.15, 0.2) is 5.78 Å². The second kappa shape index (κ2) is 8.41. The second-order valence-corrected chi connectivity index (χ2v) is 5.63. The first-order valence-corrected chi connectivity index (χ1v) is 7.69. The van der Waals surface area contributed by atoms with E-state index >= 15 is 0 Å². The minimum absolute atomic E-state index is 0.0624. The molecule has 0 spiro atoms. The number of rotatable bonds is 6. The lowest BCUT2D eigenvalue weighted by atomic mass is 9.85. The number of nitrogens with one attached hydrogen (secondary N) is 1. The number of carbonyl (C=O) groups is 2. The molecule has 1 aliphatic rings. The highest BCUT2D eigenvalue weighted by Gasteiger charge is 2.24. The van der Waals surface area contributed by atoms with Crippen LogP contribution in [0.5, 0.6) is 5.75 Å². The lowest BCUT2D eigenvalue weighted by molar-refractivity contribution is -0.170. The molecule has 0 fully saturated rings. The van der Waals surface area contributed by atoms with Gasteiger partial charge in [0, 0.05) is 35.9 Å². The minimum Gasteiger partial charge on any atom is -0.496 e. The van der Waals surface area contributed by atoms with Crippen molar-refractivity contribution in [2.24, 2.45) is 0 Å². The van der Waals surface area contributed by atoms with Gasteiger partial charge in [0.05, 0.1) is 7.11 Å². The van der Waals surface area contributed by atoms with E-state index in [0.29, 0.717) is 30.0 Å². The standard InChI is InChI=1S/C18H19F2NO4/c1-11(7-17(23)25-18(19)20)21-13-8-12(9-14(22)10-13)15-5-3-4-6-16(15)24-2/h3-7,10,12,18,21H,8-9H2,1-2H3. The summed E-state index contributed by atoms with van der Waals surface area (Å²) in [4.78, 5) is 23.3. The Bertz CT molecular complexity index is 713. The van der Waals surface area contributed by atoms with Crippen LogP contribution in [-0.4, -0.2) is 25.5 Å². The molecule has 0 saturated carbocycles. The molecule has 2 rings (SSSR count). The van der Waals surface area contributed by atoms with E-state index in [1.165, 1.54) is 13.0 Å². The Morgan fingerprint density at radius 2 is 2.04 bits per heavy atom. The van der Waals surface area contributed by atoms with Crippen LogP contribution in [0.25, 0.3) is 0 Å². The van der Waals surface area contributed by atoms with Crippen molar-refractivity contribution in [3.05, 3.63) is 53.4 Å². The van der Waals surface area contributed by atoms with E-state index in [9.17, 15) is 18.4 Å². The van der Waals surface area contributed by atoms with Gasteiger partial charge < -0.3 is 14.8 Å². The fraction of sp³-hybridized carbons (Fsp3) is 0.333. The third-order valence-corrected chi connectivity index (χ3v) is 3.73. The maximum absolute atomic E-state index is 12.0. The molecule has 0 bridgehead atoms. The summed E-state index contributed by atoms with van der Waals surface area (Å²) in [6.07, 6.45) is 3.26. The molecule has 1 N–H and O–H groups in total. The van der Waals surface area contributed by atoms with Gasteiger partial charge >= 0.3 is 12.6 Å². The van der Waals surface area contributed by atoms with Gasteiger partial charge in [-0.15, -0.1) is 0 Å². The van der Waals surface area contributed by atoms with Crippen LogP contribution >= 0.6 is 0 Å². The topological polar surface area (TPSA) is 64.6 Å². The van der Waals surface area contributed by atoms with E-state index in [1.807, 2.05) is 24.3 Å². The zero-order valence-electron chi connectivity index (χ0n) is 13.9. The lowest BCUT2D eigenvalue weighted by Gasteiger charge is -2.24. The van der Waals surface area contributed by atoms with Gasteiger partial charge in [0.1, 0.15) is 5.75 Å². The largest absolute Gasteiger partial charge is 0.496 e. The van der Waals surface area contributed by atoms with Crippen molar-refractivity contribution < 1.29 is 27.8 Å². The molecule has 0 aromatic heterocycles. The lowest BCUT2D eigenvalue weighted by Crippen LogP contribution is -2.22. The third kappa shape index (κ3) is 5.41. The van der Waals surface area contributed by atoms with E-state index < -0.39 is 12.6 Å². The first kappa shape index (κ1) is 18.6. The summed E-state index contributed by atoms with van der Waals surface area (Å²) in [6, 6.07) is 7.46. The second-order valence-electron chi connectivity index (χ2n) is 5.63. The Kier molecular flexibility index (Phi) is 6.27. The number of benzene rings is 1. The summed E-state index contributed by atoms with van der Waals surface area (Å²) >= 11 is 0. The van der Waals surface area contributed by atoms with Gasteiger partial charge in [-0.25, -0.2) is 4.79 Å². The summed E-state index contributed by atoms with van der Waals surface area (Å²) < 4.78 is 33.1. The van der Waals surface area contributed by atoms with Crippen molar-refractivity contribution in [1.29, 1.82) is 0 Å². The first-order chi connectivity index (χ1) is 11.9. The van der Waals surface area contributed by atoms with Gasteiger partial charge in [0.2, 0.25) is 0 Å². The van der Waals surface area contributed by atoms with Crippen LogP contribution in [-0.2, 0) is 14.3 Å². The highest BCUT2D eigenvalue weighted by molar-refractivity contribution is 5.92. The molecule has 5 nitrogen and oxygen atoms in total. The molecular formula is C18H19F2NO4. The Hall–Kier alpha value is -2.70. The summed E-state index contributed by atoms with van der Waals surface area (Å²) in [5, 5.41) is 2.91. The van der Waals surface area contributed by atoms with Crippen LogP contribution in [0.1, 0.15) is 31.2 Å². The summed E-state index contributed by atoms with van der Waals surface area (Å²) in [5.41, 5.74) is 1.83. The number of alkyl halides is 2. The van der Waals surface area contributed by atoms with E-state index in [2.05, 4.69) is 10.1 Å². The van der Waals surface area contributed by atoms with Crippen molar-refractivity contribution in [1.82, 2.24) is 5.32 Å². The zero-order valence-corrected chi connectivity index (χ0v) is 13.9. The molecule has 1 aliphatic carbocycles. The van der Waals surface area contributed by atoms with Crippen LogP contribution in [0, 0.1) is 0 Å². The summed E-state index contributed by atoms with van der Waals surface area (Å²) in [5.74, 6) is -0.581. The van der Waals surface area contributed by atoms with Crippen molar-refractivity contribution in [2.45, 2.75) is 32.3 Å². The smallest absolute Gasteiger partial charge is 0.389 e. The Morgan fingerprint density at radius 1 is 1.32 bits per heavy atom. The van der Waals surface area contributed by atoms with Gasteiger partial charge in [0.25, 0.3) is 0 Å². The number of ether oxygens (including phenoxy) is 2. The van der Waals surface area contributed by atoms with Gasteiger partial charge in [-0.2, -0.15) is 8.78 Å². The predicted octanol–water partition coefficient (Wildman–Crippen LogP) is 3.28. The third-order valence-electron chi connectivity index (χ3n) is 3.73. The highest BCUT2D eigenvalue weighted by atomic mass is 19.3. The van der Waals surface area contributed by atoms with E-state index in [1.54, 1.807) is 7.11 Å². The molecule has 25 heavy (non-hydrogen) atoms. The Morgan fingerprint density at radius 3 is 2.72 bits per heavy atom. The number of methoxy groups -OCH3 is 1. The number of para-hydroxylation sites is 1. The van der Waals surface area contributed by atoms with Crippen LogP contribution in [0.3, 0.4) is 0 Å². The quantitative estimate of drug-likeness (QED) is 0.629. The molecule has 134 valence electrons. The Balaban J connectivity index is 2.11. The molecule has 0 heterocycles. The summed E-state index contributed by atoms with van der Waals surface area (Å²) in [7, 11) is 1.57. The fourth-order valence-electron chi connectivity index (χ4n) is 2.79. The monoisotopic (exact) mass is 351 g/mol. The number of esters is 1. The molecule has 0 amide bonds. The zero-order chi connectivity index (χ0) is 18.4. The van der Waals surface area contributed by atoms with Crippen molar-refractivity contribution in [2.75, 3.05) is 7.11 Å². The molecule has 1 atom stereocenters. The predicted molar refractivity (Wildman–Crippen MR) is 87.0 cm³/mol. The molecule has 7 heteroatoms. The van der Waals surface area contributed by atoms with E-state index in [0.717, 1.165) is 11.6 Å². The van der Waals surface area contributed by atoms with Crippen LogP contribution in [0.4, 0.5) is 8.78 Å². The number of hydrogen-bond donors (Lipinski definition) is 1. The SMILES string of the molecule is COc1ccccc1C1CC(=O)C=C(NC(C)=CC(=O)OC(F)F)C1. The molecule has 1 aromatic rings. The number of halogens is 2. The minimum atomic E-state index is -3.16. The number of allylic oxidation sites excluding steroid dienone is 3. The molecular weight excluding hydrogens is 332 g/mol. The first-order valence-electron chi connectivity index (χ1n) is 7.69. The van der Waals surface area contributed by atoms with Crippen molar-refractivity contribution >= 4 is 11.8 Å². The molecule has 0 saturated heterocycles. The molecule has 1 aromatic carbocycles. The van der Waals surface area contributed by atoms with Crippen molar-refractivity contribution in [3.63, 3.8) is 0 Å².